The van der Waals surface area contributed by atoms with Gasteiger partial charge >= 0.3 is 0 Å². The van der Waals surface area contributed by atoms with Crippen molar-refractivity contribution in [2.24, 2.45) is 0 Å². The summed E-state index contributed by atoms with van der Waals surface area (Å²) in [5.74, 6) is -0.274. The molecule has 1 amide bonds. The molecule has 0 aliphatic heterocycles. The van der Waals surface area contributed by atoms with Crippen molar-refractivity contribution in [3.63, 3.8) is 0 Å². The van der Waals surface area contributed by atoms with E-state index in [1.165, 1.54) is 6.07 Å². The summed E-state index contributed by atoms with van der Waals surface area (Å²) >= 11 is 0. The highest BCUT2D eigenvalue weighted by Gasteiger charge is 2.16. The van der Waals surface area contributed by atoms with E-state index in [4.69, 9.17) is 4.74 Å². The number of amides is 1. The van der Waals surface area contributed by atoms with Crippen LogP contribution in [-0.4, -0.2) is 26.1 Å². The molecule has 0 bridgehead atoms. The van der Waals surface area contributed by atoms with Crippen LogP contribution in [0.15, 0.2) is 54.6 Å². The second-order valence-electron chi connectivity index (χ2n) is 5.48. The SMILES string of the molecule is CNCCCC(=O)NC(COc1ccccc1F)c1ccccc1. The molecule has 24 heavy (non-hydrogen) atoms. The fraction of sp³-hybridized carbons (Fsp3) is 0.316. The third-order valence-electron chi connectivity index (χ3n) is 3.61. The molecule has 0 aliphatic carbocycles. The molecule has 0 heterocycles. The van der Waals surface area contributed by atoms with Gasteiger partial charge in [-0.05, 0) is 37.7 Å². The zero-order valence-corrected chi connectivity index (χ0v) is 13.8. The van der Waals surface area contributed by atoms with Crippen molar-refractivity contribution in [1.29, 1.82) is 0 Å². The predicted molar refractivity (Wildman–Crippen MR) is 92.4 cm³/mol. The van der Waals surface area contributed by atoms with Gasteiger partial charge in [-0.3, -0.25) is 4.79 Å². The first-order valence-electron chi connectivity index (χ1n) is 8.07. The highest BCUT2D eigenvalue weighted by molar-refractivity contribution is 5.76. The van der Waals surface area contributed by atoms with Gasteiger partial charge in [-0.15, -0.1) is 0 Å². The zero-order valence-electron chi connectivity index (χ0n) is 13.8. The Morgan fingerprint density at radius 3 is 2.54 bits per heavy atom. The van der Waals surface area contributed by atoms with E-state index < -0.39 is 5.82 Å². The maximum atomic E-state index is 13.7. The summed E-state index contributed by atoms with van der Waals surface area (Å²) < 4.78 is 19.3. The number of halogens is 1. The molecule has 2 aromatic rings. The number of hydrogen-bond donors (Lipinski definition) is 2. The number of nitrogens with one attached hydrogen (secondary N) is 2. The summed E-state index contributed by atoms with van der Waals surface area (Å²) in [4.78, 5) is 12.1. The van der Waals surface area contributed by atoms with E-state index in [1.54, 1.807) is 18.2 Å². The van der Waals surface area contributed by atoms with Crippen LogP contribution in [0.25, 0.3) is 0 Å². The topological polar surface area (TPSA) is 50.4 Å². The van der Waals surface area contributed by atoms with Gasteiger partial charge in [0, 0.05) is 6.42 Å². The Morgan fingerprint density at radius 1 is 1.12 bits per heavy atom. The Balaban J connectivity index is 2.01. The molecule has 1 unspecified atom stereocenters. The third kappa shape index (κ3) is 5.66. The molecule has 5 heteroatoms. The minimum atomic E-state index is -0.412. The number of benzene rings is 2. The Hall–Kier alpha value is -2.40. The highest BCUT2D eigenvalue weighted by atomic mass is 19.1. The van der Waals surface area contributed by atoms with Crippen molar-refractivity contribution in [3.05, 3.63) is 66.0 Å². The number of carbonyl (C=O) groups is 1. The average molecular weight is 330 g/mol. The Labute approximate surface area is 142 Å². The van der Waals surface area contributed by atoms with Crippen molar-refractivity contribution in [2.45, 2.75) is 18.9 Å². The van der Waals surface area contributed by atoms with E-state index >= 15 is 0 Å². The van der Waals surface area contributed by atoms with Crippen molar-refractivity contribution < 1.29 is 13.9 Å². The van der Waals surface area contributed by atoms with Gasteiger partial charge in [0.15, 0.2) is 11.6 Å². The van der Waals surface area contributed by atoms with Crippen LogP contribution in [-0.2, 0) is 4.79 Å². The zero-order chi connectivity index (χ0) is 17.2. The molecular weight excluding hydrogens is 307 g/mol. The molecule has 0 spiro atoms. The highest BCUT2D eigenvalue weighted by Crippen LogP contribution is 2.19. The molecule has 2 N–H and O–H groups in total. The molecule has 0 saturated carbocycles. The van der Waals surface area contributed by atoms with Crippen LogP contribution in [0.3, 0.4) is 0 Å². The first kappa shape index (κ1) is 17.9. The normalized spacial score (nSPS) is 11.8. The van der Waals surface area contributed by atoms with Crippen molar-refractivity contribution in [1.82, 2.24) is 10.6 Å². The fourth-order valence-corrected chi connectivity index (χ4v) is 2.33. The number of hydrogen-bond acceptors (Lipinski definition) is 3. The van der Waals surface area contributed by atoms with E-state index in [1.807, 2.05) is 37.4 Å². The molecule has 0 fully saturated rings. The maximum absolute atomic E-state index is 13.7. The second kappa shape index (κ2) is 9.67. The number of carbonyl (C=O) groups excluding carboxylic acids is 1. The van der Waals surface area contributed by atoms with Crippen LogP contribution < -0.4 is 15.4 Å². The quantitative estimate of drug-likeness (QED) is 0.695. The Morgan fingerprint density at radius 2 is 1.83 bits per heavy atom. The van der Waals surface area contributed by atoms with E-state index in [-0.39, 0.29) is 24.3 Å². The lowest BCUT2D eigenvalue weighted by atomic mass is 10.1. The fourth-order valence-electron chi connectivity index (χ4n) is 2.33. The van der Waals surface area contributed by atoms with E-state index in [9.17, 15) is 9.18 Å². The number of ether oxygens (including phenoxy) is 1. The van der Waals surface area contributed by atoms with Crippen LogP contribution in [0.1, 0.15) is 24.4 Å². The summed E-state index contributed by atoms with van der Waals surface area (Å²) in [5, 5.41) is 5.98. The molecule has 2 rings (SSSR count). The van der Waals surface area contributed by atoms with E-state index in [0.29, 0.717) is 6.42 Å². The van der Waals surface area contributed by atoms with E-state index in [0.717, 1.165) is 18.5 Å². The third-order valence-corrected chi connectivity index (χ3v) is 3.61. The molecule has 1 atom stereocenters. The summed E-state index contributed by atoms with van der Waals surface area (Å²) in [6, 6.07) is 15.5. The minimum absolute atomic E-state index is 0.0452. The Bertz CT molecular complexity index is 634. The molecule has 2 aromatic carbocycles. The monoisotopic (exact) mass is 330 g/mol. The molecule has 0 aromatic heterocycles. The van der Waals surface area contributed by atoms with Gasteiger partial charge in [-0.25, -0.2) is 4.39 Å². The van der Waals surface area contributed by atoms with Gasteiger partial charge < -0.3 is 15.4 Å². The van der Waals surface area contributed by atoms with Crippen LogP contribution >= 0.6 is 0 Å². The first-order valence-corrected chi connectivity index (χ1v) is 8.07. The van der Waals surface area contributed by atoms with Gasteiger partial charge in [0.2, 0.25) is 5.91 Å². The molecule has 0 aliphatic rings. The molecular formula is C19H23FN2O2. The summed E-state index contributed by atoms with van der Waals surface area (Å²) in [7, 11) is 1.85. The van der Waals surface area contributed by atoms with Crippen molar-refractivity contribution in [2.75, 3.05) is 20.2 Å². The van der Waals surface area contributed by atoms with Crippen LogP contribution in [0.5, 0.6) is 5.75 Å². The predicted octanol–water partition coefficient (Wildman–Crippen LogP) is 3.06. The van der Waals surface area contributed by atoms with Crippen molar-refractivity contribution >= 4 is 5.91 Å². The summed E-state index contributed by atoms with van der Waals surface area (Å²) in [5.41, 5.74) is 0.927. The average Bonchev–Trinajstić information content (AvgIpc) is 2.61. The largest absolute Gasteiger partial charge is 0.488 e. The van der Waals surface area contributed by atoms with Crippen molar-refractivity contribution in [3.8, 4) is 5.75 Å². The van der Waals surface area contributed by atoms with Gasteiger partial charge in [0.25, 0.3) is 0 Å². The van der Waals surface area contributed by atoms with Gasteiger partial charge in [0.05, 0.1) is 6.04 Å². The Kier molecular flexibility index (Phi) is 7.23. The minimum Gasteiger partial charge on any atom is -0.488 e. The van der Waals surface area contributed by atoms with Crippen LogP contribution in [0.2, 0.25) is 0 Å². The van der Waals surface area contributed by atoms with E-state index in [2.05, 4.69) is 10.6 Å². The number of para-hydroxylation sites is 1. The van der Waals surface area contributed by atoms with Crippen LogP contribution in [0, 0.1) is 5.82 Å². The molecule has 0 radical (unpaired) electrons. The molecule has 4 nitrogen and oxygen atoms in total. The molecule has 0 saturated heterocycles. The smallest absolute Gasteiger partial charge is 0.220 e. The second-order valence-corrected chi connectivity index (χ2v) is 5.48. The first-order chi connectivity index (χ1) is 11.7. The van der Waals surface area contributed by atoms with Gasteiger partial charge in [0.1, 0.15) is 6.61 Å². The standard InChI is InChI=1S/C19H23FN2O2/c1-21-13-7-12-19(23)22-17(15-8-3-2-4-9-15)14-24-18-11-6-5-10-16(18)20/h2-6,8-11,17,21H,7,12-14H2,1H3,(H,22,23). The van der Waals surface area contributed by atoms with Gasteiger partial charge in [-0.2, -0.15) is 0 Å². The molecule has 128 valence electrons. The lowest BCUT2D eigenvalue weighted by Gasteiger charge is -2.20. The summed E-state index contributed by atoms with van der Waals surface area (Å²) in [6.07, 6.45) is 1.20. The van der Waals surface area contributed by atoms with Crippen LogP contribution in [0.4, 0.5) is 4.39 Å². The summed E-state index contributed by atoms with van der Waals surface area (Å²) in [6.45, 7) is 0.956. The van der Waals surface area contributed by atoms with Gasteiger partial charge in [-0.1, -0.05) is 42.5 Å². The maximum Gasteiger partial charge on any atom is 0.220 e. The lowest BCUT2D eigenvalue weighted by Crippen LogP contribution is -2.32. The lowest BCUT2D eigenvalue weighted by molar-refractivity contribution is -0.122. The number of rotatable bonds is 9.